The Bertz CT molecular complexity index is 739. The van der Waals surface area contributed by atoms with Crippen LogP contribution in [0.2, 0.25) is 5.02 Å². The lowest BCUT2D eigenvalue weighted by Crippen LogP contribution is -2.18. The Labute approximate surface area is 139 Å². The summed E-state index contributed by atoms with van der Waals surface area (Å²) in [5, 5.41) is 2.80. The first kappa shape index (κ1) is 15.9. The molecule has 7 heteroatoms. The Balaban J connectivity index is 2.34. The molecule has 0 aliphatic heterocycles. The van der Waals surface area contributed by atoms with E-state index in [-0.39, 0.29) is 15.6 Å². The van der Waals surface area contributed by atoms with Gasteiger partial charge in [0.25, 0.3) is 5.91 Å². The van der Waals surface area contributed by atoms with Crippen LogP contribution in [0.15, 0.2) is 40.9 Å². The van der Waals surface area contributed by atoms with E-state index in [2.05, 4.69) is 21.2 Å². The van der Waals surface area contributed by atoms with Crippen LogP contribution in [0.3, 0.4) is 0 Å². The highest BCUT2D eigenvalue weighted by Crippen LogP contribution is 2.22. The molecule has 0 heterocycles. The first-order valence-electron chi connectivity index (χ1n) is 5.74. The summed E-state index contributed by atoms with van der Waals surface area (Å²) < 4.78 is 14.5. The minimum absolute atomic E-state index is 0.115. The van der Waals surface area contributed by atoms with E-state index in [1.165, 1.54) is 12.1 Å². The number of hydrogen-bond acceptors (Lipinski definition) is 2. The van der Waals surface area contributed by atoms with Crippen LogP contribution >= 0.6 is 39.7 Å². The van der Waals surface area contributed by atoms with Crippen molar-refractivity contribution in [3.05, 3.63) is 62.8 Å². The van der Waals surface area contributed by atoms with Crippen molar-refractivity contribution in [3.63, 3.8) is 0 Å². The number of carbonyl (C=O) groups excluding carboxylic acids is 1. The number of amides is 1. The van der Waals surface area contributed by atoms with Crippen LogP contribution in [-0.4, -0.2) is 10.9 Å². The molecule has 0 radical (unpaired) electrons. The van der Waals surface area contributed by atoms with Gasteiger partial charge in [0.2, 0.25) is 0 Å². The minimum atomic E-state index is -0.700. The zero-order valence-corrected chi connectivity index (χ0v) is 13.7. The molecule has 21 heavy (non-hydrogen) atoms. The van der Waals surface area contributed by atoms with E-state index in [0.717, 1.165) is 10.5 Å². The maximum atomic E-state index is 13.7. The van der Waals surface area contributed by atoms with Crippen LogP contribution < -0.4 is 11.1 Å². The number of anilines is 1. The van der Waals surface area contributed by atoms with Crippen LogP contribution in [0.25, 0.3) is 0 Å². The summed E-state index contributed by atoms with van der Waals surface area (Å²) in [6.07, 6.45) is 0. The number of carbonyl (C=O) groups is 1. The zero-order chi connectivity index (χ0) is 15.6. The first-order valence-corrected chi connectivity index (χ1v) is 7.32. The minimum Gasteiger partial charge on any atom is -0.389 e. The van der Waals surface area contributed by atoms with Gasteiger partial charge in [-0.1, -0.05) is 39.7 Å². The molecule has 2 aromatic rings. The van der Waals surface area contributed by atoms with Gasteiger partial charge in [-0.2, -0.15) is 0 Å². The molecule has 3 N–H and O–H groups in total. The lowest BCUT2D eigenvalue weighted by molar-refractivity contribution is 0.102. The Kier molecular flexibility index (Phi) is 4.92. The highest BCUT2D eigenvalue weighted by Gasteiger charge is 2.15. The number of nitrogens with one attached hydrogen (secondary N) is 1. The molecule has 0 aliphatic carbocycles. The molecule has 0 bridgehead atoms. The van der Waals surface area contributed by atoms with Gasteiger partial charge in [-0.15, -0.1) is 0 Å². The van der Waals surface area contributed by atoms with Gasteiger partial charge in [-0.25, -0.2) is 4.39 Å². The van der Waals surface area contributed by atoms with Crippen LogP contribution in [0.1, 0.15) is 15.9 Å². The number of thiocarbonyl (C=S) groups is 1. The van der Waals surface area contributed by atoms with E-state index >= 15 is 0 Å². The topological polar surface area (TPSA) is 55.1 Å². The summed E-state index contributed by atoms with van der Waals surface area (Å²) in [7, 11) is 0. The molecule has 0 aromatic heterocycles. The number of rotatable bonds is 3. The highest BCUT2D eigenvalue weighted by molar-refractivity contribution is 9.10. The number of hydrogen-bond donors (Lipinski definition) is 2. The highest BCUT2D eigenvalue weighted by atomic mass is 79.9. The summed E-state index contributed by atoms with van der Waals surface area (Å²) in [6.45, 7) is 0. The quantitative estimate of drug-likeness (QED) is 0.779. The monoisotopic (exact) mass is 386 g/mol. The SMILES string of the molecule is NC(=S)c1cc(Br)ccc1NC(=O)c1ccc(Cl)cc1F. The molecule has 0 saturated heterocycles. The van der Waals surface area contributed by atoms with Gasteiger partial charge in [0.1, 0.15) is 10.8 Å². The second kappa shape index (κ2) is 6.51. The van der Waals surface area contributed by atoms with Crippen molar-refractivity contribution in [2.75, 3.05) is 5.32 Å². The van der Waals surface area contributed by atoms with Crippen molar-refractivity contribution in [2.45, 2.75) is 0 Å². The van der Waals surface area contributed by atoms with E-state index in [0.29, 0.717) is 11.3 Å². The summed E-state index contributed by atoms with van der Waals surface area (Å²) in [4.78, 5) is 12.2. The van der Waals surface area contributed by atoms with Crippen LogP contribution in [0.4, 0.5) is 10.1 Å². The van der Waals surface area contributed by atoms with Crippen LogP contribution in [-0.2, 0) is 0 Å². The number of nitrogens with two attached hydrogens (primary N) is 1. The maximum absolute atomic E-state index is 13.7. The van der Waals surface area contributed by atoms with Gasteiger partial charge in [0.15, 0.2) is 0 Å². The third kappa shape index (κ3) is 3.78. The van der Waals surface area contributed by atoms with Gasteiger partial charge in [0.05, 0.1) is 11.3 Å². The zero-order valence-electron chi connectivity index (χ0n) is 10.5. The lowest BCUT2D eigenvalue weighted by Gasteiger charge is -2.11. The molecule has 108 valence electrons. The van der Waals surface area contributed by atoms with Gasteiger partial charge in [-0.05, 0) is 36.4 Å². The second-order valence-corrected chi connectivity index (χ2v) is 5.92. The third-order valence-electron chi connectivity index (χ3n) is 2.67. The van der Waals surface area contributed by atoms with Crippen molar-refractivity contribution in [3.8, 4) is 0 Å². The third-order valence-corrected chi connectivity index (χ3v) is 3.62. The summed E-state index contributed by atoms with van der Waals surface area (Å²) in [5.74, 6) is -1.31. The largest absolute Gasteiger partial charge is 0.389 e. The van der Waals surface area contributed by atoms with Gasteiger partial charge >= 0.3 is 0 Å². The van der Waals surface area contributed by atoms with Crippen molar-refractivity contribution >= 4 is 56.3 Å². The Morgan fingerprint density at radius 2 is 1.95 bits per heavy atom. The van der Waals surface area contributed by atoms with Gasteiger partial charge < -0.3 is 11.1 Å². The molecule has 1 amide bonds. The van der Waals surface area contributed by atoms with E-state index < -0.39 is 11.7 Å². The van der Waals surface area contributed by atoms with Crippen molar-refractivity contribution in [1.29, 1.82) is 0 Å². The predicted molar refractivity (Wildman–Crippen MR) is 89.4 cm³/mol. The maximum Gasteiger partial charge on any atom is 0.258 e. The fourth-order valence-corrected chi connectivity index (χ4v) is 2.38. The normalized spacial score (nSPS) is 10.2. The van der Waals surface area contributed by atoms with E-state index in [9.17, 15) is 9.18 Å². The molecule has 3 nitrogen and oxygen atoms in total. The summed E-state index contributed by atoms with van der Waals surface area (Å²) >= 11 is 13.9. The number of halogens is 3. The van der Waals surface area contributed by atoms with Crippen molar-refractivity contribution in [1.82, 2.24) is 0 Å². The Hall–Kier alpha value is -1.50. The van der Waals surface area contributed by atoms with E-state index in [1.807, 2.05) is 0 Å². The molecule has 0 unspecified atom stereocenters. The van der Waals surface area contributed by atoms with Crippen LogP contribution in [0.5, 0.6) is 0 Å². The molecule has 0 aliphatic rings. The molecule has 0 spiro atoms. The average molecular weight is 388 g/mol. The average Bonchev–Trinajstić information content (AvgIpc) is 2.40. The molecular formula is C14H9BrClFN2OS. The summed E-state index contributed by atoms with van der Waals surface area (Å²) in [5.41, 5.74) is 6.40. The smallest absolute Gasteiger partial charge is 0.258 e. The molecule has 0 atom stereocenters. The fraction of sp³-hybridized carbons (Fsp3) is 0. The molecule has 0 fully saturated rings. The van der Waals surface area contributed by atoms with E-state index in [4.69, 9.17) is 29.6 Å². The Morgan fingerprint density at radius 3 is 2.57 bits per heavy atom. The van der Waals surface area contributed by atoms with Gasteiger partial charge in [-0.3, -0.25) is 4.79 Å². The standard InChI is InChI=1S/C14H9BrClFN2OS/c15-7-1-4-12(10(5-7)13(18)21)19-14(20)9-3-2-8(16)6-11(9)17/h1-6H,(H2,18,21)(H,19,20). The number of benzene rings is 2. The molecular weight excluding hydrogens is 379 g/mol. The van der Waals surface area contributed by atoms with Crippen molar-refractivity contribution < 1.29 is 9.18 Å². The van der Waals surface area contributed by atoms with Crippen LogP contribution in [0, 0.1) is 5.82 Å². The van der Waals surface area contributed by atoms with E-state index in [1.54, 1.807) is 18.2 Å². The predicted octanol–water partition coefficient (Wildman–Crippen LogP) is 4.13. The summed E-state index contributed by atoms with van der Waals surface area (Å²) in [6, 6.07) is 8.85. The second-order valence-electron chi connectivity index (χ2n) is 4.13. The molecule has 2 aromatic carbocycles. The lowest BCUT2D eigenvalue weighted by atomic mass is 10.1. The molecule has 0 saturated carbocycles. The van der Waals surface area contributed by atoms with Crippen molar-refractivity contribution in [2.24, 2.45) is 5.73 Å². The Morgan fingerprint density at radius 1 is 1.24 bits per heavy atom. The fourth-order valence-electron chi connectivity index (χ4n) is 1.69. The first-order chi connectivity index (χ1) is 9.88. The van der Waals surface area contributed by atoms with Gasteiger partial charge in [0, 0.05) is 15.1 Å². The molecule has 2 rings (SSSR count).